The Hall–Kier alpha value is -0.330. The number of aldehydes is 1. The van der Waals surface area contributed by atoms with Crippen LogP contribution in [0.1, 0.15) is 33.1 Å². The monoisotopic (exact) mass is 126 g/mol. The number of hydrogen-bond acceptors (Lipinski definition) is 1. The summed E-state index contributed by atoms with van der Waals surface area (Å²) in [4.78, 5) is 10.5. The van der Waals surface area contributed by atoms with Crippen molar-refractivity contribution in [1.82, 2.24) is 0 Å². The van der Waals surface area contributed by atoms with E-state index in [0.29, 0.717) is 0 Å². The molecule has 0 N–H and O–H groups in total. The fourth-order valence-electron chi connectivity index (χ4n) is 1.68. The second kappa shape index (κ2) is 2.13. The number of carbonyl (C=O) groups is 1. The summed E-state index contributed by atoms with van der Waals surface area (Å²) >= 11 is 0. The van der Waals surface area contributed by atoms with Gasteiger partial charge in [0.2, 0.25) is 0 Å². The molecular formula is C8H14O. The minimum Gasteiger partial charge on any atom is -0.303 e. The van der Waals surface area contributed by atoms with Crippen molar-refractivity contribution in [3.05, 3.63) is 0 Å². The van der Waals surface area contributed by atoms with E-state index in [1.165, 1.54) is 6.42 Å². The van der Waals surface area contributed by atoms with Gasteiger partial charge in [0.05, 0.1) is 0 Å². The molecule has 0 aromatic rings. The van der Waals surface area contributed by atoms with Gasteiger partial charge in [-0.05, 0) is 25.2 Å². The Balaban J connectivity index is 2.54. The highest BCUT2D eigenvalue weighted by Gasteiger charge is 2.32. The maximum absolute atomic E-state index is 10.5. The molecule has 2 atom stereocenters. The zero-order valence-electron chi connectivity index (χ0n) is 6.18. The van der Waals surface area contributed by atoms with Gasteiger partial charge in [0.15, 0.2) is 0 Å². The first kappa shape index (κ1) is 6.79. The molecule has 1 rings (SSSR count). The fourth-order valence-corrected chi connectivity index (χ4v) is 1.68. The molecule has 0 saturated heterocycles. The molecule has 1 aliphatic rings. The first-order valence-corrected chi connectivity index (χ1v) is 3.63. The Morgan fingerprint density at radius 3 is 2.56 bits per heavy atom. The summed E-state index contributed by atoms with van der Waals surface area (Å²) in [6, 6.07) is 0. The van der Waals surface area contributed by atoms with Crippen molar-refractivity contribution in [1.29, 1.82) is 0 Å². The molecule has 52 valence electrons. The third-order valence-electron chi connectivity index (χ3n) is 2.31. The van der Waals surface area contributed by atoms with Crippen molar-refractivity contribution >= 4 is 6.29 Å². The van der Waals surface area contributed by atoms with Crippen LogP contribution in [-0.4, -0.2) is 6.29 Å². The maximum atomic E-state index is 10.5. The third-order valence-corrected chi connectivity index (χ3v) is 2.31. The molecule has 0 radical (unpaired) electrons. The Kier molecular flexibility index (Phi) is 1.60. The maximum Gasteiger partial charge on any atom is 0.125 e. The van der Waals surface area contributed by atoms with E-state index in [-0.39, 0.29) is 5.41 Å². The lowest BCUT2D eigenvalue weighted by molar-refractivity contribution is -0.115. The van der Waals surface area contributed by atoms with Gasteiger partial charge >= 0.3 is 0 Å². The van der Waals surface area contributed by atoms with Crippen molar-refractivity contribution in [3.63, 3.8) is 0 Å². The summed E-state index contributed by atoms with van der Waals surface area (Å²) in [5.41, 5.74) is 0.0272. The van der Waals surface area contributed by atoms with Gasteiger partial charge in [0, 0.05) is 5.41 Å². The molecule has 0 spiro atoms. The summed E-state index contributed by atoms with van der Waals surface area (Å²) in [5, 5.41) is 0. The van der Waals surface area contributed by atoms with Crippen LogP contribution in [-0.2, 0) is 4.79 Å². The highest BCUT2D eigenvalue weighted by molar-refractivity contribution is 5.59. The highest BCUT2D eigenvalue weighted by Crippen LogP contribution is 2.39. The van der Waals surface area contributed by atoms with Gasteiger partial charge < -0.3 is 4.79 Å². The lowest BCUT2D eigenvalue weighted by atomic mass is 9.90. The summed E-state index contributed by atoms with van der Waals surface area (Å²) in [6.45, 7) is 4.28. The average molecular weight is 126 g/mol. The van der Waals surface area contributed by atoms with Crippen LogP contribution in [0.3, 0.4) is 0 Å². The molecule has 0 bridgehead atoms. The highest BCUT2D eigenvalue weighted by atomic mass is 16.1. The quantitative estimate of drug-likeness (QED) is 0.491. The Labute approximate surface area is 56.4 Å². The molecule has 1 aliphatic carbocycles. The van der Waals surface area contributed by atoms with Gasteiger partial charge in [-0.3, -0.25) is 0 Å². The van der Waals surface area contributed by atoms with E-state index in [9.17, 15) is 4.79 Å². The molecule has 9 heavy (non-hydrogen) atoms. The fraction of sp³-hybridized carbons (Fsp3) is 0.875. The van der Waals surface area contributed by atoms with Crippen molar-refractivity contribution in [2.45, 2.75) is 33.1 Å². The molecule has 1 heteroatoms. The molecule has 1 saturated carbocycles. The minimum absolute atomic E-state index is 0.0272. The summed E-state index contributed by atoms with van der Waals surface area (Å²) in [5.74, 6) is 0.764. The van der Waals surface area contributed by atoms with Crippen LogP contribution in [0, 0.1) is 11.3 Å². The minimum atomic E-state index is 0.0272. The Morgan fingerprint density at radius 1 is 1.67 bits per heavy atom. The summed E-state index contributed by atoms with van der Waals surface area (Å²) in [7, 11) is 0. The Bertz CT molecular complexity index is 120. The van der Waals surface area contributed by atoms with E-state index in [0.717, 1.165) is 25.0 Å². The van der Waals surface area contributed by atoms with Crippen molar-refractivity contribution < 1.29 is 4.79 Å². The number of hydrogen-bond donors (Lipinski definition) is 0. The number of rotatable bonds is 1. The average Bonchev–Trinajstić information content (AvgIpc) is 2.13. The first-order chi connectivity index (χ1) is 4.16. The zero-order valence-corrected chi connectivity index (χ0v) is 6.18. The van der Waals surface area contributed by atoms with E-state index in [1.54, 1.807) is 0 Å². The van der Waals surface area contributed by atoms with E-state index >= 15 is 0 Å². The third kappa shape index (κ3) is 1.32. The van der Waals surface area contributed by atoms with Crippen LogP contribution in [0.2, 0.25) is 0 Å². The van der Waals surface area contributed by atoms with Crippen LogP contribution >= 0.6 is 0 Å². The van der Waals surface area contributed by atoms with Crippen molar-refractivity contribution in [3.8, 4) is 0 Å². The smallest absolute Gasteiger partial charge is 0.125 e. The van der Waals surface area contributed by atoms with Gasteiger partial charge in [-0.25, -0.2) is 0 Å². The van der Waals surface area contributed by atoms with Crippen LogP contribution in [0.25, 0.3) is 0 Å². The molecule has 0 heterocycles. The molecule has 0 unspecified atom stereocenters. The largest absolute Gasteiger partial charge is 0.303 e. The predicted molar refractivity (Wildman–Crippen MR) is 37.2 cm³/mol. The summed E-state index contributed by atoms with van der Waals surface area (Å²) < 4.78 is 0. The SMILES string of the molecule is C[C@@H]1CC[C@](C)(C=O)C1. The van der Waals surface area contributed by atoms with Crippen molar-refractivity contribution in [2.75, 3.05) is 0 Å². The van der Waals surface area contributed by atoms with Gasteiger partial charge in [-0.1, -0.05) is 13.8 Å². The van der Waals surface area contributed by atoms with Gasteiger partial charge in [-0.2, -0.15) is 0 Å². The van der Waals surface area contributed by atoms with Gasteiger partial charge in [-0.15, -0.1) is 0 Å². The molecular weight excluding hydrogens is 112 g/mol. The lowest BCUT2D eigenvalue weighted by Crippen LogP contribution is -2.12. The van der Waals surface area contributed by atoms with E-state index in [1.807, 2.05) is 0 Å². The number of carbonyl (C=O) groups excluding carboxylic acids is 1. The standard InChI is InChI=1S/C8H14O/c1-7-3-4-8(2,5-7)6-9/h6-7H,3-5H2,1-2H3/t7-,8+/m1/s1. The first-order valence-electron chi connectivity index (χ1n) is 3.63. The molecule has 1 nitrogen and oxygen atoms in total. The normalized spacial score (nSPS) is 43.1. The zero-order chi connectivity index (χ0) is 6.91. The van der Waals surface area contributed by atoms with E-state index in [4.69, 9.17) is 0 Å². The van der Waals surface area contributed by atoms with Crippen LogP contribution in [0.15, 0.2) is 0 Å². The second-order valence-corrected chi connectivity index (χ2v) is 3.62. The molecule has 0 amide bonds. The summed E-state index contributed by atoms with van der Waals surface area (Å²) in [6.07, 6.45) is 4.54. The Morgan fingerprint density at radius 2 is 2.33 bits per heavy atom. The predicted octanol–water partition coefficient (Wildman–Crippen LogP) is 2.01. The lowest BCUT2D eigenvalue weighted by Gasteiger charge is -2.13. The molecule has 0 aliphatic heterocycles. The van der Waals surface area contributed by atoms with E-state index in [2.05, 4.69) is 13.8 Å². The van der Waals surface area contributed by atoms with Gasteiger partial charge in [0.25, 0.3) is 0 Å². The van der Waals surface area contributed by atoms with Gasteiger partial charge in [0.1, 0.15) is 6.29 Å². The van der Waals surface area contributed by atoms with Crippen LogP contribution in [0.5, 0.6) is 0 Å². The van der Waals surface area contributed by atoms with E-state index < -0.39 is 0 Å². The molecule has 0 aromatic carbocycles. The molecule has 0 aromatic heterocycles. The molecule has 1 fully saturated rings. The second-order valence-electron chi connectivity index (χ2n) is 3.62. The van der Waals surface area contributed by atoms with Crippen molar-refractivity contribution in [2.24, 2.45) is 11.3 Å². The van der Waals surface area contributed by atoms with Crippen LogP contribution in [0.4, 0.5) is 0 Å². The topological polar surface area (TPSA) is 17.1 Å². The van der Waals surface area contributed by atoms with Crippen LogP contribution < -0.4 is 0 Å².